The van der Waals surface area contributed by atoms with E-state index in [1.165, 1.54) is 25.1 Å². The van der Waals surface area contributed by atoms with Gasteiger partial charge in [-0.15, -0.1) is 0 Å². The fourth-order valence-corrected chi connectivity index (χ4v) is 2.60. The predicted molar refractivity (Wildman–Crippen MR) is 105 cm³/mol. The van der Waals surface area contributed by atoms with Crippen LogP contribution in [0.2, 0.25) is 0 Å². The van der Waals surface area contributed by atoms with Gasteiger partial charge in [0.15, 0.2) is 5.78 Å². The number of anilines is 1. The third-order valence-electron chi connectivity index (χ3n) is 3.88. The van der Waals surface area contributed by atoms with Gasteiger partial charge in [0.1, 0.15) is 11.5 Å². The molecule has 0 aliphatic heterocycles. The van der Waals surface area contributed by atoms with Crippen LogP contribution in [0.4, 0.5) is 11.4 Å². The molecule has 2 aromatic carbocycles. The lowest BCUT2D eigenvalue weighted by Crippen LogP contribution is -2.05. The average Bonchev–Trinajstić information content (AvgIpc) is 3.15. The molecule has 0 fully saturated rings. The Bertz CT molecular complexity index is 1060. The molecule has 7 nitrogen and oxygen atoms in total. The van der Waals surface area contributed by atoms with Gasteiger partial charge in [-0.2, -0.15) is 0 Å². The second-order valence-corrected chi connectivity index (χ2v) is 5.93. The van der Waals surface area contributed by atoms with Crippen molar-refractivity contribution >= 4 is 29.1 Å². The molecule has 0 spiro atoms. The van der Waals surface area contributed by atoms with Gasteiger partial charge in [-0.3, -0.25) is 19.7 Å². The Labute approximate surface area is 160 Å². The molecular formula is C21H16N2O5. The number of allylic oxidation sites excluding steroid dienone is 1. The molecule has 3 aromatic rings. The summed E-state index contributed by atoms with van der Waals surface area (Å²) in [5.74, 6) is 0.319. The summed E-state index contributed by atoms with van der Waals surface area (Å²) in [5, 5.41) is 13.8. The van der Waals surface area contributed by atoms with Crippen LogP contribution in [0.25, 0.3) is 17.4 Å². The van der Waals surface area contributed by atoms with Crippen LogP contribution in [0.1, 0.15) is 23.0 Å². The first-order valence-electron chi connectivity index (χ1n) is 8.38. The van der Waals surface area contributed by atoms with Crippen molar-refractivity contribution < 1.29 is 18.9 Å². The molecule has 28 heavy (non-hydrogen) atoms. The van der Waals surface area contributed by atoms with Crippen molar-refractivity contribution in [2.24, 2.45) is 0 Å². The molecule has 140 valence electrons. The van der Waals surface area contributed by atoms with Crippen LogP contribution in [-0.4, -0.2) is 16.6 Å². The van der Waals surface area contributed by atoms with Crippen molar-refractivity contribution in [1.29, 1.82) is 0 Å². The van der Waals surface area contributed by atoms with Gasteiger partial charge in [-0.25, -0.2) is 0 Å². The van der Waals surface area contributed by atoms with Gasteiger partial charge in [0.05, 0.1) is 10.5 Å². The predicted octanol–water partition coefficient (Wildman–Crippen LogP) is 4.71. The standard InChI is InChI=1S/C21H16N2O5/c1-14(24)22-16-8-6-15(7-9-16)20(25)12-10-17-11-13-21(28-17)18-4-2-3-5-19(18)23(26)27/h2-13H,1H3,(H,22,24)/b12-10+. The van der Waals surface area contributed by atoms with Gasteiger partial charge in [0, 0.05) is 24.2 Å². The Morgan fingerprint density at radius 3 is 2.43 bits per heavy atom. The number of benzene rings is 2. The summed E-state index contributed by atoms with van der Waals surface area (Å²) in [5.41, 5.74) is 1.37. The summed E-state index contributed by atoms with van der Waals surface area (Å²) in [6.45, 7) is 1.41. The Hall–Kier alpha value is -4.00. The number of hydrogen-bond donors (Lipinski definition) is 1. The maximum absolute atomic E-state index is 12.3. The lowest BCUT2D eigenvalue weighted by molar-refractivity contribution is -0.384. The van der Waals surface area contributed by atoms with Crippen molar-refractivity contribution in [3.8, 4) is 11.3 Å². The van der Waals surface area contributed by atoms with Crippen LogP contribution in [0, 0.1) is 10.1 Å². The van der Waals surface area contributed by atoms with Crippen LogP contribution < -0.4 is 5.32 Å². The van der Waals surface area contributed by atoms with Gasteiger partial charge in [-0.1, -0.05) is 12.1 Å². The van der Waals surface area contributed by atoms with Crippen molar-refractivity contribution in [3.05, 3.63) is 88.2 Å². The Morgan fingerprint density at radius 1 is 1.04 bits per heavy atom. The molecule has 3 rings (SSSR count). The highest BCUT2D eigenvalue weighted by Gasteiger charge is 2.16. The summed E-state index contributed by atoms with van der Waals surface area (Å²) in [4.78, 5) is 34.0. The first kappa shape index (κ1) is 18.8. The molecule has 1 aromatic heterocycles. The van der Waals surface area contributed by atoms with E-state index < -0.39 is 4.92 Å². The highest BCUT2D eigenvalue weighted by Crippen LogP contribution is 2.31. The van der Waals surface area contributed by atoms with E-state index in [0.717, 1.165) is 0 Å². The first-order chi connectivity index (χ1) is 13.4. The van der Waals surface area contributed by atoms with Crippen LogP contribution in [0.5, 0.6) is 0 Å². The summed E-state index contributed by atoms with van der Waals surface area (Å²) in [7, 11) is 0. The molecule has 0 aliphatic carbocycles. The summed E-state index contributed by atoms with van der Waals surface area (Å²) in [6.07, 6.45) is 2.86. The average molecular weight is 376 g/mol. The lowest BCUT2D eigenvalue weighted by atomic mass is 10.1. The van der Waals surface area contributed by atoms with Crippen molar-refractivity contribution in [1.82, 2.24) is 0 Å². The molecule has 0 unspecified atom stereocenters. The van der Waals surface area contributed by atoms with E-state index in [0.29, 0.717) is 28.3 Å². The van der Waals surface area contributed by atoms with E-state index in [-0.39, 0.29) is 17.4 Å². The van der Waals surface area contributed by atoms with Gasteiger partial charge in [-0.05, 0) is 54.6 Å². The number of nitrogens with one attached hydrogen (secondary N) is 1. The van der Waals surface area contributed by atoms with Crippen molar-refractivity contribution in [3.63, 3.8) is 0 Å². The number of carbonyl (C=O) groups excluding carboxylic acids is 2. The molecule has 1 heterocycles. The minimum absolute atomic E-state index is 0.0530. The van der Waals surface area contributed by atoms with Gasteiger partial charge < -0.3 is 9.73 Å². The number of furan rings is 1. The molecule has 0 saturated heterocycles. The van der Waals surface area contributed by atoms with Crippen molar-refractivity contribution in [2.75, 3.05) is 5.32 Å². The summed E-state index contributed by atoms with van der Waals surface area (Å²) < 4.78 is 5.62. The van der Waals surface area contributed by atoms with Crippen LogP contribution in [-0.2, 0) is 4.79 Å². The molecular weight excluding hydrogens is 360 g/mol. The van der Waals surface area contributed by atoms with E-state index in [2.05, 4.69) is 5.32 Å². The Morgan fingerprint density at radius 2 is 1.75 bits per heavy atom. The lowest BCUT2D eigenvalue weighted by Gasteiger charge is -2.02. The maximum Gasteiger partial charge on any atom is 0.280 e. The van der Waals surface area contributed by atoms with E-state index in [1.807, 2.05) is 0 Å². The number of nitro benzene ring substituents is 1. The van der Waals surface area contributed by atoms with Crippen LogP contribution in [0.3, 0.4) is 0 Å². The zero-order valence-electron chi connectivity index (χ0n) is 14.9. The number of amides is 1. The second-order valence-electron chi connectivity index (χ2n) is 5.93. The number of ketones is 1. The zero-order valence-corrected chi connectivity index (χ0v) is 14.9. The molecule has 1 N–H and O–H groups in total. The number of para-hydroxylation sites is 1. The smallest absolute Gasteiger partial charge is 0.280 e. The topological polar surface area (TPSA) is 102 Å². The minimum atomic E-state index is -0.471. The molecule has 0 saturated carbocycles. The van der Waals surface area contributed by atoms with Crippen molar-refractivity contribution in [2.45, 2.75) is 6.92 Å². The van der Waals surface area contributed by atoms with E-state index >= 15 is 0 Å². The third-order valence-corrected chi connectivity index (χ3v) is 3.88. The quantitative estimate of drug-likeness (QED) is 0.290. The van der Waals surface area contributed by atoms with Gasteiger partial charge in [0.2, 0.25) is 5.91 Å². The second kappa shape index (κ2) is 8.13. The molecule has 0 bridgehead atoms. The van der Waals surface area contributed by atoms with Gasteiger partial charge >= 0.3 is 0 Å². The molecule has 7 heteroatoms. The van der Waals surface area contributed by atoms with Crippen LogP contribution in [0.15, 0.2) is 71.2 Å². The summed E-state index contributed by atoms with van der Waals surface area (Å²) in [6, 6.07) is 16.0. The molecule has 0 radical (unpaired) electrons. The first-order valence-corrected chi connectivity index (χ1v) is 8.38. The molecule has 0 atom stereocenters. The highest BCUT2D eigenvalue weighted by atomic mass is 16.6. The monoisotopic (exact) mass is 376 g/mol. The van der Waals surface area contributed by atoms with Crippen LogP contribution >= 0.6 is 0 Å². The van der Waals surface area contributed by atoms with Gasteiger partial charge in [0.25, 0.3) is 5.69 Å². The Balaban J connectivity index is 1.74. The highest BCUT2D eigenvalue weighted by molar-refractivity contribution is 6.07. The number of nitrogens with zero attached hydrogens (tertiary/aromatic N) is 1. The fraction of sp³-hybridized carbons (Fsp3) is 0.0476. The number of hydrogen-bond acceptors (Lipinski definition) is 5. The summed E-state index contributed by atoms with van der Waals surface area (Å²) >= 11 is 0. The zero-order chi connectivity index (χ0) is 20.1. The number of nitro groups is 1. The molecule has 1 amide bonds. The normalized spacial score (nSPS) is 10.8. The largest absolute Gasteiger partial charge is 0.456 e. The number of carbonyl (C=O) groups is 2. The molecule has 0 aliphatic rings. The fourth-order valence-electron chi connectivity index (χ4n) is 2.60. The van der Waals surface area contributed by atoms with E-state index in [1.54, 1.807) is 54.6 Å². The van der Waals surface area contributed by atoms with E-state index in [4.69, 9.17) is 4.42 Å². The third kappa shape index (κ3) is 4.39. The SMILES string of the molecule is CC(=O)Nc1ccc(C(=O)/C=C/c2ccc(-c3ccccc3[N+](=O)[O-])o2)cc1. The maximum atomic E-state index is 12.3. The number of rotatable bonds is 6. The minimum Gasteiger partial charge on any atom is -0.456 e. The van der Waals surface area contributed by atoms with E-state index in [9.17, 15) is 19.7 Å². The Kier molecular flexibility index (Phi) is 5.45.